The monoisotopic (exact) mass is 391 g/mol. The second kappa shape index (κ2) is 9.07. The summed E-state index contributed by atoms with van der Waals surface area (Å²) < 4.78 is 17.8. The zero-order chi connectivity index (χ0) is 20.2. The Balaban J connectivity index is 1.41. The maximum Gasteiger partial charge on any atom is 0.498 e. The largest absolute Gasteiger partial charge is 0.498 e. The van der Waals surface area contributed by atoms with Crippen molar-refractivity contribution < 1.29 is 19.2 Å². The number of rotatable bonds is 8. The molecule has 7 nitrogen and oxygen atoms in total. The third-order valence-electron chi connectivity index (χ3n) is 6.18. The Morgan fingerprint density at radius 3 is 2.54 bits per heavy atom. The maximum atomic E-state index is 9.09. The molecular formula is C20H34BN3O4. The molecule has 2 aliphatic heterocycles. The second-order valence-corrected chi connectivity index (χ2v) is 8.91. The number of aliphatic hydroxyl groups excluding tert-OH is 1. The molecule has 1 atom stereocenters. The molecule has 2 aliphatic rings. The van der Waals surface area contributed by atoms with Gasteiger partial charge in [0.25, 0.3) is 0 Å². The first kappa shape index (κ1) is 21.5. The molecule has 2 saturated heterocycles. The number of hydrogen-bond donors (Lipinski definition) is 1. The summed E-state index contributed by atoms with van der Waals surface area (Å²) >= 11 is 0. The Labute approximate surface area is 168 Å². The Kier molecular flexibility index (Phi) is 6.96. The van der Waals surface area contributed by atoms with Crippen LogP contribution in [0, 0.1) is 5.92 Å². The standard InChI is InChI=1S/C20H34BN3O4/c1-19(2)20(3,4)28-21(27-19)17-13-22-18(23-14-17)26-12-6-8-16-7-5-9-24(15-16)10-11-25/h13-14,16,25H,5-12,15H2,1-4H3/t16-/m1/s1. The molecule has 0 amide bonds. The van der Waals surface area contributed by atoms with Gasteiger partial charge in [0.05, 0.1) is 24.4 Å². The van der Waals surface area contributed by atoms with Gasteiger partial charge in [-0.2, -0.15) is 0 Å². The highest BCUT2D eigenvalue weighted by Gasteiger charge is 2.51. The first-order chi connectivity index (χ1) is 13.3. The lowest BCUT2D eigenvalue weighted by Gasteiger charge is -2.32. The number of piperidine rings is 1. The lowest BCUT2D eigenvalue weighted by Crippen LogP contribution is -2.41. The average Bonchev–Trinajstić information content (AvgIpc) is 2.87. The van der Waals surface area contributed by atoms with Crippen molar-refractivity contribution in [2.24, 2.45) is 5.92 Å². The summed E-state index contributed by atoms with van der Waals surface area (Å²) in [6, 6.07) is 0.394. The van der Waals surface area contributed by atoms with E-state index in [4.69, 9.17) is 19.2 Å². The van der Waals surface area contributed by atoms with Gasteiger partial charge in [-0.25, -0.2) is 9.97 Å². The Hall–Kier alpha value is -1.22. The third-order valence-corrected chi connectivity index (χ3v) is 6.18. The fourth-order valence-electron chi connectivity index (χ4n) is 3.77. The van der Waals surface area contributed by atoms with E-state index >= 15 is 0 Å². The molecule has 1 N–H and O–H groups in total. The summed E-state index contributed by atoms with van der Waals surface area (Å²) in [6.07, 6.45) is 8.04. The summed E-state index contributed by atoms with van der Waals surface area (Å²) in [6.45, 7) is 12.0. The maximum absolute atomic E-state index is 9.09. The van der Waals surface area contributed by atoms with Gasteiger partial charge in [0, 0.05) is 30.9 Å². The zero-order valence-corrected chi connectivity index (χ0v) is 17.7. The SMILES string of the molecule is CC1(C)OB(c2cnc(OCCC[C@H]3CCCN(CCO)C3)nc2)OC1(C)C. The van der Waals surface area contributed by atoms with E-state index in [1.165, 1.54) is 12.8 Å². The molecule has 0 radical (unpaired) electrons. The minimum atomic E-state index is -0.452. The predicted molar refractivity (Wildman–Crippen MR) is 109 cm³/mol. The minimum Gasteiger partial charge on any atom is -0.463 e. The Morgan fingerprint density at radius 2 is 1.89 bits per heavy atom. The van der Waals surface area contributed by atoms with Crippen molar-refractivity contribution in [1.82, 2.24) is 14.9 Å². The molecule has 0 saturated carbocycles. The van der Waals surface area contributed by atoms with Crippen LogP contribution in [-0.4, -0.2) is 71.1 Å². The van der Waals surface area contributed by atoms with Crippen LogP contribution < -0.4 is 10.2 Å². The number of aromatic nitrogens is 2. The minimum absolute atomic E-state index is 0.245. The summed E-state index contributed by atoms with van der Waals surface area (Å²) in [5.74, 6) is 0.690. The van der Waals surface area contributed by atoms with Gasteiger partial charge in [0.1, 0.15) is 0 Å². The van der Waals surface area contributed by atoms with Gasteiger partial charge in [-0.3, -0.25) is 0 Å². The number of aliphatic hydroxyl groups is 1. The van der Waals surface area contributed by atoms with Crippen LogP contribution in [0.2, 0.25) is 0 Å². The van der Waals surface area contributed by atoms with Crippen molar-refractivity contribution in [3.8, 4) is 6.01 Å². The van der Waals surface area contributed by atoms with Crippen molar-refractivity contribution >= 4 is 12.6 Å². The lowest BCUT2D eigenvalue weighted by molar-refractivity contribution is 0.00578. The number of hydrogen-bond acceptors (Lipinski definition) is 7. The van der Waals surface area contributed by atoms with Crippen LogP contribution in [0.1, 0.15) is 53.4 Å². The second-order valence-electron chi connectivity index (χ2n) is 8.91. The van der Waals surface area contributed by atoms with Gasteiger partial charge < -0.3 is 24.1 Å². The summed E-state index contributed by atoms with van der Waals surface area (Å²) in [7, 11) is -0.452. The van der Waals surface area contributed by atoms with Crippen molar-refractivity contribution in [2.75, 3.05) is 32.8 Å². The first-order valence-corrected chi connectivity index (χ1v) is 10.4. The average molecular weight is 391 g/mol. The van der Waals surface area contributed by atoms with E-state index in [-0.39, 0.29) is 17.8 Å². The van der Waals surface area contributed by atoms with Crippen LogP contribution in [0.4, 0.5) is 0 Å². The topological polar surface area (TPSA) is 76.9 Å². The van der Waals surface area contributed by atoms with Crippen molar-refractivity contribution in [2.45, 2.75) is 64.6 Å². The fourth-order valence-corrected chi connectivity index (χ4v) is 3.77. The molecule has 1 aromatic rings. The zero-order valence-electron chi connectivity index (χ0n) is 17.7. The molecule has 8 heteroatoms. The molecule has 28 heavy (non-hydrogen) atoms. The summed E-state index contributed by atoms with van der Waals surface area (Å²) in [5.41, 5.74) is 0.0504. The number of nitrogens with zero attached hydrogens (tertiary/aromatic N) is 3. The van der Waals surface area contributed by atoms with Gasteiger partial charge in [0.2, 0.25) is 0 Å². The molecule has 0 unspecified atom stereocenters. The molecule has 0 spiro atoms. The van der Waals surface area contributed by atoms with E-state index in [1.54, 1.807) is 12.4 Å². The van der Waals surface area contributed by atoms with E-state index in [1.807, 2.05) is 27.7 Å². The van der Waals surface area contributed by atoms with E-state index in [0.29, 0.717) is 18.5 Å². The van der Waals surface area contributed by atoms with Gasteiger partial charge >= 0.3 is 13.1 Å². The van der Waals surface area contributed by atoms with E-state index in [0.717, 1.165) is 37.9 Å². The number of likely N-dealkylation sites (tertiary alicyclic amines) is 1. The van der Waals surface area contributed by atoms with E-state index in [2.05, 4.69) is 14.9 Å². The van der Waals surface area contributed by atoms with Crippen LogP contribution in [0.15, 0.2) is 12.4 Å². The van der Waals surface area contributed by atoms with Gasteiger partial charge in [-0.15, -0.1) is 0 Å². The Bertz CT molecular complexity index is 608. The lowest BCUT2D eigenvalue weighted by atomic mass is 9.81. The predicted octanol–water partition coefficient (Wildman–Crippen LogP) is 1.64. The molecule has 0 aliphatic carbocycles. The van der Waals surface area contributed by atoms with Crippen LogP contribution >= 0.6 is 0 Å². The van der Waals surface area contributed by atoms with Gasteiger partial charge in [-0.1, -0.05) is 0 Å². The molecule has 3 rings (SSSR count). The quantitative estimate of drug-likeness (QED) is 0.533. The highest BCUT2D eigenvalue weighted by Crippen LogP contribution is 2.36. The highest BCUT2D eigenvalue weighted by atomic mass is 16.7. The number of β-amino-alcohol motifs (C(OH)–C–C–N with tert-alkyl or cyclic N) is 1. The third kappa shape index (κ3) is 5.23. The van der Waals surface area contributed by atoms with Crippen LogP contribution in [0.5, 0.6) is 6.01 Å². The van der Waals surface area contributed by atoms with Crippen molar-refractivity contribution in [3.63, 3.8) is 0 Å². The molecule has 1 aromatic heterocycles. The molecule has 2 fully saturated rings. The normalized spacial score (nSPS) is 24.5. The van der Waals surface area contributed by atoms with Gasteiger partial charge in [-0.05, 0) is 65.8 Å². The summed E-state index contributed by atoms with van der Waals surface area (Å²) in [4.78, 5) is 11.0. The summed E-state index contributed by atoms with van der Waals surface area (Å²) in [5, 5.41) is 9.09. The van der Waals surface area contributed by atoms with Crippen molar-refractivity contribution in [1.29, 1.82) is 0 Å². The first-order valence-electron chi connectivity index (χ1n) is 10.4. The van der Waals surface area contributed by atoms with Crippen molar-refractivity contribution in [3.05, 3.63) is 12.4 Å². The van der Waals surface area contributed by atoms with Crippen LogP contribution in [0.25, 0.3) is 0 Å². The molecule has 156 valence electrons. The molecular weight excluding hydrogens is 357 g/mol. The van der Waals surface area contributed by atoms with Crippen LogP contribution in [-0.2, 0) is 9.31 Å². The molecule has 3 heterocycles. The van der Waals surface area contributed by atoms with E-state index in [9.17, 15) is 0 Å². The number of ether oxygens (including phenoxy) is 1. The Morgan fingerprint density at radius 1 is 1.21 bits per heavy atom. The molecule has 0 bridgehead atoms. The highest BCUT2D eigenvalue weighted by molar-refractivity contribution is 6.61. The smallest absolute Gasteiger partial charge is 0.463 e. The van der Waals surface area contributed by atoms with Gasteiger partial charge in [0.15, 0.2) is 0 Å². The van der Waals surface area contributed by atoms with E-state index < -0.39 is 7.12 Å². The van der Waals surface area contributed by atoms with Crippen LogP contribution in [0.3, 0.4) is 0 Å². The molecule has 0 aromatic carbocycles. The fraction of sp³-hybridized carbons (Fsp3) is 0.800.